The zero-order chi connectivity index (χ0) is 13.1. The van der Waals surface area contributed by atoms with Crippen molar-refractivity contribution in [1.29, 1.82) is 5.26 Å². The van der Waals surface area contributed by atoms with Gasteiger partial charge in [0.25, 0.3) is 0 Å². The van der Waals surface area contributed by atoms with Gasteiger partial charge in [0.1, 0.15) is 6.07 Å². The Morgan fingerprint density at radius 2 is 2.00 bits per heavy atom. The summed E-state index contributed by atoms with van der Waals surface area (Å²) in [6.45, 7) is 0. The summed E-state index contributed by atoms with van der Waals surface area (Å²) < 4.78 is 2.11. The fraction of sp³-hybridized carbons (Fsp3) is 0. The van der Waals surface area contributed by atoms with Crippen molar-refractivity contribution < 1.29 is 0 Å². The second-order valence-electron chi connectivity index (χ2n) is 3.56. The molecule has 2 rings (SSSR count). The van der Waals surface area contributed by atoms with Gasteiger partial charge in [-0.15, -0.1) is 0 Å². The molecule has 18 heavy (non-hydrogen) atoms. The lowest BCUT2D eigenvalue weighted by Crippen LogP contribution is -1.92. The van der Waals surface area contributed by atoms with E-state index >= 15 is 0 Å². The fourth-order valence-electron chi connectivity index (χ4n) is 1.43. The van der Waals surface area contributed by atoms with Gasteiger partial charge in [-0.25, -0.2) is 0 Å². The van der Waals surface area contributed by atoms with Gasteiger partial charge in [0.2, 0.25) is 0 Å². The molecule has 0 fully saturated rings. The molecule has 0 spiro atoms. The summed E-state index contributed by atoms with van der Waals surface area (Å²) in [7, 11) is 0. The van der Waals surface area contributed by atoms with Crippen LogP contribution in [0.1, 0.15) is 5.56 Å². The highest BCUT2D eigenvalue weighted by Crippen LogP contribution is 2.29. The summed E-state index contributed by atoms with van der Waals surface area (Å²) in [5.74, 6) is 0. The van der Waals surface area contributed by atoms with Crippen molar-refractivity contribution in [3.63, 3.8) is 0 Å². The maximum Gasteiger partial charge on any atom is 0.101 e. The number of anilines is 2. The Kier molecular flexibility index (Phi) is 4.49. The Bertz CT molecular complexity index is 637. The van der Waals surface area contributed by atoms with Crippen LogP contribution in [0.5, 0.6) is 0 Å². The highest BCUT2D eigenvalue weighted by molar-refractivity contribution is 14.1. The Morgan fingerprint density at radius 3 is 2.67 bits per heavy atom. The molecular weight excluding hydrogens is 426 g/mol. The minimum atomic E-state index is 0.448. The highest BCUT2D eigenvalue weighted by Gasteiger charge is 2.04. The lowest BCUT2D eigenvalue weighted by Gasteiger charge is -2.09. The van der Waals surface area contributed by atoms with Crippen LogP contribution in [0.4, 0.5) is 11.4 Å². The van der Waals surface area contributed by atoms with E-state index in [1.54, 1.807) is 12.1 Å². The van der Waals surface area contributed by atoms with E-state index in [9.17, 15) is 0 Å². The molecule has 0 aromatic heterocycles. The number of nitrogens with one attached hydrogen (secondary N) is 1. The van der Waals surface area contributed by atoms with Crippen LogP contribution in [-0.4, -0.2) is 0 Å². The average molecular weight is 433 g/mol. The molecule has 0 unspecified atom stereocenters. The first-order valence-electron chi connectivity index (χ1n) is 5.02. The van der Waals surface area contributed by atoms with Gasteiger partial charge >= 0.3 is 0 Å². The van der Waals surface area contributed by atoms with Gasteiger partial charge in [-0.05, 0) is 74.9 Å². The van der Waals surface area contributed by atoms with E-state index in [4.69, 9.17) is 16.9 Å². The topological polar surface area (TPSA) is 35.8 Å². The monoisotopic (exact) mass is 432 g/mol. The zero-order valence-electron chi connectivity index (χ0n) is 9.05. The molecule has 0 atom stereocenters. The van der Waals surface area contributed by atoms with Crippen LogP contribution in [0.15, 0.2) is 40.9 Å². The largest absolute Gasteiger partial charge is 0.355 e. The molecule has 0 heterocycles. The molecule has 0 bridgehead atoms. The van der Waals surface area contributed by atoms with E-state index in [0.717, 1.165) is 19.4 Å². The van der Waals surface area contributed by atoms with Gasteiger partial charge < -0.3 is 5.32 Å². The lowest BCUT2D eigenvalue weighted by molar-refractivity contribution is 1.46. The second-order valence-corrected chi connectivity index (χ2v) is 6.06. The van der Waals surface area contributed by atoms with E-state index in [2.05, 4.69) is 43.8 Å². The molecule has 0 aliphatic carbocycles. The number of rotatable bonds is 2. The van der Waals surface area contributed by atoms with Gasteiger partial charge in [-0.3, -0.25) is 0 Å². The first-order chi connectivity index (χ1) is 8.60. The summed E-state index contributed by atoms with van der Waals surface area (Å²) in [5.41, 5.74) is 2.29. The Hall–Kier alpha value is -0.770. The molecular formula is C13H7BrClIN2. The van der Waals surface area contributed by atoms with Crippen molar-refractivity contribution >= 4 is 61.5 Å². The fourth-order valence-corrected chi connectivity index (χ4v) is 2.49. The van der Waals surface area contributed by atoms with Crippen LogP contribution >= 0.6 is 50.1 Å². The van der Waals surface area contributed by atoms with E-state index < -0.39 is 0 Å². The lowest BCUT2D eigenvalue weighted by atomic mass is 10.2. The minimum absolute atomic E-state index is 0.448. The second kappa shape index (κ2) is 5.91. The molecule has 0 radical (unpaired) electrons. The first-order valence-corrected chi connectivity index (χ1v) is 7.27. The zero-order valence-corrected chi connectivity index (χ0v) is 13.5. The smallest absolute Gasteiger partial charge is 0.101 e. The van der Waals surface area contributed by atoms with Gasteiger partial charge in [-0.1, -0.05) is 11.6 Å². The summed E-state index contributed by atoms with van der Waals surface area (Å²) in [4.78, 5) is 0. The van der Waals surface area contributed by atoms with Crippen LogP contribution in [0.3, 0.4) is 0 Å². The summed E-state index contributed by atoms with van der Waals surface area (Å²) in [6, 6.07) is 13.3. The normalized spacial score (nSPS) is 9.89. The van der Waals surface area contributed by atoms with Crippen LogP contribution < -0.4 is 5.32 Å². The molecule has 0 amide bonds. The van der Waals surface area contributed by atoms with Crippen LogP contribution in [-0.2, 0) is 0 Å². The Morgan fingerprint density at radius 1 is 1.22 bits per heavy atom. The molecule has 0 saturated carbocycles. The predicted octanol–water partition coefficient (Wildman–Crippen LogP) is 5.32. The number of hydrogen-bond acceptors (Lipinski definition) is 2. The molecule has 2 nitrogen and oxygen atoms in total. The molecule has 2 aromatic rings. The summed E-state index contributed by atoms with van der Waals surface area (Å²) >= 11 is 11.7. The van der Waals surface area contributed by atoms with Gasteiger partial charge in [0.15, 0.2) is 0 Å². The molecule has 5 heteroatoms. The number of nitriles is 1. The molecule has 90 valence electrons. The number of hydrogen-bond donors (Lipinski definition) is 1. The number of benzene rings is 2. The molecule has 0 aliphatic rings. The van der Waals surface area contributed by atoms with Gasteiger partial charge in [0, 0.05) is 13.7 Å². The predicted molar refractivity (Wildman–Crippen MR) is 86.3 cm³/mol. The Balaban J connectivity index is 2.32. The number of nitrogens with zero attached hydrogens (tertiary/aromatic N) is 1. The van der Waals surface area contributed by atoms with Crippen LogP contribution in [0.25, 0.3) is 0 Å². The highest BCUT2D eigenvalue weighted by atomic mass is 127. The van der Waals surface area contributed by atoms with E-state index in [-0.39, 0.29) is 0 Å². The third kappa shape index (κ3) is 3.16. The van der Waals surface area contributed by atoms with E-state index in [1.807, 2.05) is 30.3 Å². The minimum Gasteiger partial charge on any atom is -0.355 e. The van der Waals surface area contributed by atoms with Crippen LogP contribution in [0.2, 0.25) is 5.02 Å². The van der Waals surface area contributed by atoms with Crippen molar-refractivity contribution in [2.75, 3.05) is 5.32 Å². The van der Waals surface area contributed by atoms with Gasteiger partial charge in [-0.2, -0.15) is 5.26 Å². The maximum atomic E-state index is 8.82. The average Bonchev–Trinajstić information content (AvgIpc) is 2.34. The molecule has 0 saturated heterocycles. The molecule has 0 aliphatic heterocycles. The third-order valence-corrected chi connectivity index (χ3v) is 3.97. The summed E-state index contributed by atoms with van der Waals surface area (Å²) in [6.07, 6.45) is 0. The number of halogens is 3. The first kappa shape index (κ1) is 13.7. The third-order valence-electron chi connectivity index (χ3n) is 2.30. The van der Waals surface area contributed by atoms with Crippen molar-refractivity contribution in [3.8, 4) is 6.07 Å². The quantitative estimate of drug-likeness (QED) is 0.651. The van der Waals surface area contributed by atoms with Gasteiger partial charge in [0.05, 0.1) is 16.3 Å². The molecule has 2 aromatic carbocycles. The SMILES string of the molecule is N#Cc1ccc(Nc2cc(I)ccc2Br)cc1Cl. The van der Waals surface area contributed by atoms with E-state index in [1.165, 1.54) is 0 Å². The Labute approximate surface area is 132 Å². The van der Waals surface area contributed by atoms with Crippen LogP contribution in [0, 0.1) is 14.9 Å². The van der Waals surface area contributed by atoms with Crippen molar-refractivity contribution in [1.82, 2.24) is 0 Å². The van der Waals surface area contributed by atoms with Crippen molar-refractivity contribution in [2.24, 2.45) is 0 Å². The van der Waals surface area contributed by atoms with E-state index in [0.29, 0.717) is 10.6 Å². The maximum absolute atomic E-state index is 8.82. The van der Waals surface area contributed by atoms with Crippen molar-refractivity contribution in [3.05, 3.63) is 55.0 Å². The molecule has 1 N–H and O–H groups in total. The van der Waals surface area contributed by atoms with Crippen molar-refractivity contribution in [2.45, 2.75) is 0 Å². The standard InChI is InChI=1S/C13H7BrClIN2/c14-11-4-2-9(16)5-13(11)18-10-3-1-8(7-17)12(15)6-10/h1-6,18H. The summed E-state index contributed by atoms with van der Waals surface area (Å²) in [5, 5.41) is 12.5.